The number of benzene rings is 2. The molecule has 2 aromatic rings. The molecule has 1 N–H and O–H groups in total. The summed E-state index contributed by atoms with van der Waals surface area (Å²) in [6, 6.07) is 9.17. The van der Waals surface area contributed by atoms with Crippen LogP contribution in [0.2, 0.25) is 10.0 Å². The van der Waals surface area contributed by atoms with Crippen LogP contribution in [0, 0.1) is 5.82 Å². The predicted molar refractivity (Wildman–Crippen MR) is 63.5 cm³/mol. The molecule has 0 spiro atoms. The fraction of sp³-hybridized carbons (Fsp3) is 0. The summed E-state index contributed by atoms with van der Waals surface area (Å²) in [4.78, 5) is 0. The van der Waals surface area contributed by atoms with Crippen molar-refractivity contribution in [3.8, 4) is 16.9 Å². The summed E-state index contributed by atoms with van der Waals surface area (Å²) in [6.07, 6.45) is 0. The fourth-order valence-corrected chi connectivity index (χ4v) is 2.07. The average Bonchev–Trinajstić information content (AvgIpc) is 2.24. The zero-order valence-corrected chi connectivity index (χ0v) is 9.56. The van der Waals surface area contributed by atoms with Crippen LogP contribution < -0.4 is 0 Å². The van der Waals surface area contributed by atoms with Crippen LogP contribution in [0.4, 0.5) is 4.39 Å². The Morgan fingerprint density at radius 2 is 1.50 bits per heavy atom. The van der Waals surface area contributed by atoms with E-state index < -0.39 is 11.6 Å². The Hall–Kier alpha value is -1.25. The van der Waals surface area contributed by atoms with Crippen molar-refractivity contribution in [1.29, 1.82) is 0 Å². The van der Waals surface area contributed by atoms with Gasteiger partial charge in [-0.2, -0.15) is 0 Å². The van der Waals surface area contributed by atoms with Crippen molar-refractivity contribution < 1.29 is 9.50 Å². The molecule has 0 atom stereocenters. The van der Waals surface area contributed by atoms with Crippen LogP contribution in [0.3, 0.4) is 0 Å². The molecule has 0 aliphatic heterocycles. The first-order valence-corrected chi connectivity index (χ1v) is 5.28. The van der Waals surface area contributed by atoms with Gasteiger partial charge in [0.05, 0.1) is 10.0 Å². The Bertz CT molecular complexity index is 520. The molecule has 0 saturated heterocycles. The lowest BCUT2D eigenvalue weighted by Gasteiger charge is -2.09. The summed E-state index contributed by atoms with van der Waals surface area (Å²) in [6.45, 7) is 0. The Morgan fingerprint density at radius 3 is 2.12 bits per heavy atom. The second-order valence-electron chi connectivity index (χ2n) is 3.23. The highest BCUT2D eigenvalue weighted by molar-refractivity contribution is 6.39. The topological polar surface area (TPSA) is 20.2 Å². The number of hydrogen-bond donors (Lipinski definition) is 1. The molecular formula is C12H7Cl2FO. The van der Waals surface area contributed by atoms with Crippen LogP contribution >= 0.6 is 23.2 Å². The highest BCUT2D eigenvalue weighted by Gasteiger charge is 2.14. The van der Waals surface area contributed by atoms with E-state index in [4.69, 9.17) is 23.2 Å². The maximum atomic E-state index is 13.2. The maximum Gasteiger partial charge on any atom is 0.165 e. The largest absolute Gasteiger partial charge is 0.504 e. The van der Waals surface area contributed by atoms with Crippen LogP contribution in [0.25, 0.3) is 11.1 Å². The minimum Gasteiger partial charge on any atom is -0.504 e. The maximum absolute atomic E-state index is 13.2. The van der Waals surface area contributed by atoms with Gasteiger partial charge in [-0.3, -0.25) is 0 Å². The van der Waals surface area contributed by atoms with Gasteiger partial charge in [0.1, 0.15) is 0 Å². The van der Waals surface area contributed by atoms with Gasteiger partial charge in [-0.15, -0.1) is 0 Å². The van der Waals surface area contributed by atoms with E-state index in [-0.39, 0.29) is 5.56 Å². The van der Waals surface area contributed by atoms with Gasteiger partial charge in [0.2, 0.25) is 0 Å². The highest BCUT2D eigenvalue weighted by Crippen LogP contribution is 2.39. The van der Waals surface area contributed by atoms with Gasteiger partial charge in [-0.25, -0.2) is 4.39 Å². The number of rotatable bonds is 1. The van der Waals surface area contributed by atoms with Gasteiger partial charge < -0.3 is 5.11 Å². The third-order valence-electron chi connectivity index (χ3n) is 2.22. The molecule has 0 radical (unpaired) electrons. The summed E-state index contributed by atoms with van der Waals surface area (Å²) >= 11 is 11.9. The van der Waals surface area contributed by atoms with E-state index in [9.17, 15) is 9.50 Å². The molecule has 2 aromatic carbocycles. The minimum absolute atomic E-state index is 0.288. The zero-order valence-electron chi connectivity index (χ0n) is 8.05. The molecule has 0 aromatic heterocycles. The number of hydrogen-bond acceptors (Lipinski definition) is 1. The quantitative estimate of drug-likeness (QED) is 0.797. The highest BCUT2D eigenvalue weighted by atomic mass is 35.5. The van der Waals surface area contributed by atoms with E-state index in [0.717, 1.165) is 0 Å². The summed E-state index contributed by atoms with van der Waals surface area (Å²) in [7, 11) is 0. The van der Waals surface area contributed by atoms with Crippen molar-refractivity contribution in [2.75, 3.05) is 0 Å². The lowest BCUT2D eigenvalue weighted by Crippen LogP contribution is -1.85. The van der Waals surface area contributed by atoms with Crippen LogP contribution in [0.5, 0.6) is 5.75 Å². The van der Waals surface area contributed by atoms with Gasteiger partial charge in [-0.1, -0.05) is 41.4 Å². The minimum atomic E-state index is -0.700. The predicted octanol–water partition coefficient (Wildman–Crippen LogP) is 4.51. The molecule has 0 heterocycles. The summed E-state index contributed by atoms with van der Waals surface area (Å²) < 4.78 is 13.2. The molecule has 0 aliphatic rings. The SMILES string of the molecule is Oc1c(F)cccc1-c1c(Cl)cccc1Cl. The van der Waals surface area contributed by atoms with E-state index in [1.807, 2.05) is 0 Å². The molecule has 0 fully saturated rings. The Morgan fingerprint density at radius 1 is 0.938 bits per heavy atom. The van der Waals surface area contributed by atoms with Crippen molar-refractivity contribution in [2.24, 2.45) is 0 Å². The third kappa shape index (κ3) is 1.86. The number of para-hydroxylation sites is 1. The molecule has 16 heavy (non-hydrogen) atoms. The molecule has 2 rings (SSSR count). The van der Waals surface area contributed by atoms with Gasteiger partial charge in [0.25, 0.3) is 0 Å². The standard InChI is InChI=1S/C12H7Cl2FO/c13-8-4-2-5-9(14)11(8)7-3-1-6-10(15)12(7)16/h1-6,16H. The Balaban J connectivity index is 2.73. The summed E-state index contributed by atoms with van der Waals surface area (Å²) in [5.74, 6) is -1.15. The van der Waals surface area contributed by atoms with Crippen molar-refractivity contribution in [3.05, 3.63) is 52.3 Å². The number of phenols is 1. The van der Waals surface area contributed by atoms with Crippen molar-refractivity contribution in [2.45, 2.75) is 0 Å². The first kappa shape index (κ1) is 11.2. The lowest BCUT2D eigenvalue weighted by atomic mass is 10.0. The molecule has 0 unspecified atom stereocenters. The molecule has 4 heteroatoms. The number of phenolic OH excluding ortho intramolecular Hbond substituents is 1. The first-order chi connectivity index (χ1) is 7.61. The molecule has 82 valence electrons. The van der Waals surface area contributed by atoms with Crippen molar-refractivity contribution >= 4 is 23.2 Å². The molecular weight excluding hydrogens is 250 g/mol. The molecule has 0 amide bonds. The van der Waals surface area contributed by atoms with Crippen LogP contribution in [-0.2, 0) is 0 Å². The first-order valence-electron chi connectivity index (χ1n) is 4.53. The van der Waals surface area contributed by atoms with Crippen molar-refractivity contribution in [3.63, 3.8) is 0 Å². The summed E-state index contributed by atoms with van der Waals surface area (Å²) in [5, 5.41) is 10.3. The van der Waals surface area contributed by atoms with Crippen LogP contribution in [0.1, 0.15) is 0 Å². The smallest absolute Gasteiger partial charge is 0.165 e. The second kappa shape index (κ2) is 4.32. The third-order valence-corrected chi connectivity index (χ3v) is 2.85. The zero-order chi connectivity index (χ0) is 11.7. The van der Waals surface area contributed by atoms with Gasteiger partial charge in [-0.05, 0) is 18.2 Å². The monoisotopic (exact) mass is 256 g/mol. The molecule has 0 aliphatic carbocycles. The second-order valence-corrected chi connectivity index (χ2v) is 4.05. The summed E-state index contributed by atoms with van der Waals surface area (Å²) in [5.41, 5.74) is 0.721. The van der Waals surface area contributed by atoms with E-state index in [0.29, 0.717) is 15.6 Å². The van der Waals surface area contributed by atoms with E-state index in [1.165, 1.54) is 12.1 Å². The number of aromatic hydroxyl groups is 1. The Kier molecular flexibility index (Phi) is 3.03. The van der Waals surface area contributed by atoms with Gasteiger partial charge >= 0.3 is 0 Å². The van der Waals surface area contributed by atoms with E-state index >= 15 is 0 Å². The van der Waals surface area contributed by atoms with Crippen molar-refractivity contribution in [1.82, 2.24) is 0 Å². The van der Waals surface area contributed by atoms with E-state index in [1.54, 1.807) is 24.3 Å². The number of halogens is 3. The lowest BCUT2D eigenvalue weighted by molar-refractivity contribution is 0.434. The normalized spacial score (nSPS) is 10.4. The fourth-order valence-electron chi connectivity index (χ4n) is 1.47. The van der Waals surface area contributed by atoms with Crippen LogP contribution in [-0.4, -0.2) is 5.11 Å². The van der Waals surface area contributed by atoms with E-state index in [2.05, 4.69) is 0 Å². The Labute approximate surface area is 102 Å². The molecule has 1 nitrogen and oxygen atoms in total. The molecule has 0 saturated carbocycles. The molecule has 0 bridgehead atoms. The van der Waals surface area contributed by atoms with Crippen LogP contribution in [0.15, 0.2) is 36.4 Å². The van der Waals surface area contributed by atoms with Gasteiger partial charge in [0.15, 0.2) is 11.6 Å². The van der Waals surface area contributed by atoms with Gasteiger partial charge in [0, 0.05) is 11.1 Å². The average molecular weight is 257 g/mol.